The quantitative estimate of drug-likeness (QED) is 0.806. The van der Waals surface area contributed by atoms with Crippen LogP contribution in [0.4, 0.5) is 21.0 Å². The highest BCUT2D eigenvalue weighted by Crippen LogP contribution is 2.20. The largest absolute Gasteiger partial charge is 0.336 e. The molecule has 0 saturated carbocycles. The second-order valence-electron chi connectivity index (χ2n) is 5.10. The molecule has 1 aromatic carbocycles. The van der Waals surface area contributed by atoms with E-state index in [9.17, 15) is 9.59 Å². The number of rotatable bonds is 4. The summed E-state index contributed by atoms with van der Waals surface area (Å²) in [4.78, 5) is 29.3. The molecule has 3 rings (SSSR count). The second kappa shape index (κ2) is 6.78. The molecule has 1 aliphatic rings. The number of amides is 4. The van der Waals surface area contributed by atoms with Crippen molar-refractivity contribution in [3.63, 3.8) is 0 Å². The standard InChI is InChI=1S/C16H17N5O2/c22-15(19-11-12-3-2-6-17-10-12)20-13-4-1-5-14(9-13)21-8-7-18-16(21)23/h1-6,9-10H,7-8,11H2,(H,18,23)(H2,19,20,22). The van der Waals surface area contributed by atoms with Crippen molar-refractivity contribution in [1.82, 2.24) is 15.6 Å². The van der Waals surface area contributed by atoms with Gasteiger partial charge in [-0.15, -0.1) is 0 Å². The summed E-state index contributed by atoms with van der Waals surface area (Å²) in [5, 5.41) is 8.27. The average Bonchev–Trinajstić information content (AvgIpc) is 3.00. The molecule has 2 aromatic rings. The van der Waals surface area contributed by atoms with Gasteiger partial charge in [-0.05, 0) is 29.8 Å². The van der Waals surface area contributed by atoms with Crippen LogP contribution in [0, 0.1) is 0 Å². The van der Waals surface area contributed by atoms with Gasteiger partial charge in [-0.3, -0.25) is 9.88 Å². The van der Waals surface area contributed by atoms with Crippen LogP contribution in [-0.2, 0) is 6.54 Å². The third-order valence-corrected chi connectivity index (χ3v) is 3.45. The Morgan fingerprint density at radius 2 is 2.22 bits per heavy atom. The summed E-state index contributed by atoms with van der Waals surface area (Å²) in [5.74, 6) is 0. The van der Waals surface area contributed by atoms with Gasteiger partial charge in [-0.25, -0.2) is 9.59 Å². The summed E-state index contributed by atoms with van der Waals surface area (Å²) in [6.45, 7) is 1.64. The van der Waals surface area contributed by atoms with Crippen molar-refractivity contribution < 1.29 is 9.59 Å². The number of aromatic nitrogens is 1. The summed E-state index contributed by atoms with van der Waals surface area (Å²) in [6, 6.07) is 10.5. The van der Waals surface area contributed by atoms with E-state index in [1.54, 1.807) is 35.5 Å². The lowest BCUT2D eigenvalue weighted by Crippen LogP contribution is -2.29. The number of urea groups is 2. The van der Waals surface area contributed by atoms with E-state index in [4.69, 9.17) is 0 Å². The fourth-order valence-electron chi connectivity index (χ4n) is 2.33. The molecule has 0 unspecified atom stereocenters. The number of hydrogen-bond donors (Lipinski definition) is 3. The van der Waals surface area contributed by atoms with Crippen LogP contribution in [0.1, 0.15) is 5.56 Å². The summed E-state index contributed by atoms with van der Waals surface area (Å²) >= 11 is 0. The van der Waals surface area contributed by atoms with Crippen molar-refractivity contribution in [3.8, 4) is 0 Å². The molecule has 1 aliphatic heterocycles. The maximum atomic E-state index is 11.9. The summed E-state index contributed by atoms with van der Waals surface area (Å²) in [7, 11) is 0. The SMILES string of the molecule is O=C(NCc1cccnc1)Nc1cccc(N2CCNC2=O)c1. The van der Waals surface area contributed by atoms with E-state index in [2.05, 4.69) is 20.9 Å². The molecule has 7 heteroatoms. The Morgan fingerprint density at radius 1 is 1.30 bits per heavy atom. The van der Waals surface area contributed by atoms with Crippen LogP contribution >= 0.6 is 0 Å². The van der Waals surface area contributed by atoms with Crippen molar-refractivity contribution in [3.05, 3.63) is 54.4 Å². The molecule has 0 bridgehead atoms. The zero-order chi connectivity index (χ0) is 16.1. The first-order chi connectivity index (χ1) is 11.2. The smallest absolute Gasteiger partial charge is 0.321 e. The molecule has 0 aliphatic carbocycles. The maximum Gasteiger partial charge on any atom is 0.321 e. The Morgan fingerprint density at radius 3 is 2.96 bits per heavy atom. The fourth-order valence-corrected chi connectivity index (χ4v) is 2.33. The van der Waals surface area contributed by atoms with Gasteiger partial charge in [-0.2, -0.15) is 0 Å². The summed E-state index contributed by atoms with van der Waals surface area (Å²) < 4.78 is 0. The van der Waals surface area contributed by atoms with Gasteiger partial charge in [0.1, 0.15) is 0 Å². The minimum atomic E-state index is -0.308. The first-order valence-corrected chi connectivity index (χ1v) is 7.31. The third kappa shape index (κ3) is 3.76. The lowest BCUT2D eigenvalue weighted by atomic mass is 10.2. The van der Waals surface area contributed by atoms with Gasteiger partial charge < -0.3 is 16.0 Å². The van der Waals surface area contributed by atoms with Crippen LogP contribution in [0.5, 0.6) is 0 Å². The average molecular weight is 311 g/mol. The molecule has 7 nitrogen and oxygen atoms in total. The molecule has 1 saturated heterocycles. The monoisotopic (exact) mass is 311 g/mol. The van der Waals surface area contributed by atoms with Gasteiger partial charge in [0.25, 0.3) is 0 Å². The van der Waals surface area contributed by atoms with Crippen molar-refractivity contribution in [2.45, 2.75) is 6.54 Å². The number of carbonyl (C=O) groups is 2. The topological polar surface area (TPSA) is 86.4 Å². The number of benzene rings is 1. The van der Waals surface area contributed by atoms with Crippen LogP contribution in [0.2, 0.25) is 0 Å². The number of pyridine rings is 1. The fraction of sp³-hybridized carbons (Fsp3) is 0.188. The number of anilines is 2. The number of hydrogen-bond acceptors (Lipinski definition) is 3. The molecule has 2 heterocycles. The van der Waals surface area contributed by atoms with E-state index >= 15 is 0 Å². The van der Waals surface area contributed by atoms with Crippen molar-refractivity contribution in [1.29, 1.82) is 0 Å². The highest BCUT2D eigenvalue weighted by Gasteiger charge is 2.21. The van der Waals surface area contributed by atoms with E-state index in [0.29, 0.717) is 25.3 Å². The molecule has 4 amide bonds. The van der Waals surface area contributed by atoms with E-state index in [1.165, 1.54) is 0 Å². The van der Waals surface area contributed by atoms with Crippen molar-refractivity contribution in [2.75, 3.05) is 23.3 Å². The Labute approximate surface area is 133 Å². The highest BCUT2D eigenvalue weighted by molar-refractivity contribution is 5.95. The molecule has 0 atom stereocenters. The van der Waals surface area contributed by atoms with Gasteiger partial charge in [0.2, 0.25) is 0 Å². The summed E-state index contributed by atoms with van der Waals surface area (Å²) in [5.41, 5.74) is 2.31. The van der Waals surface area contributed by atoms with Crippen molar-refractivity contribution in [2.24, 2.45) is 0 Å². The minimum absolute atomic E-state index is 0.122. The zero-order valence-corrected chi connectivity index (χ0v) is 12.5. The van der Waals surface area contributed by atoms with Gasteiger partial charge in [-0.1, -0.05) is 12.1 Å². The Balaban J connectivity index is 1.59. The molecular formula is C16H17N5O2. The van der Waals surface area contributed by atoms with Gasteiger partial charge in [0, 0.05) is 43.4 Å². The Bertz CT molecular complexity index is 705. The van der Waals surface area contributed by atoms with Gasteiger partial charge in [0.05, 0.1) is 0 Å². The maximum absolute atomic E-state index is 11.9. The molecule has 3 N–H and O–H groups in total. The first kappa shape index (κ1) is 14.8. The second-order valence-corrected chi connectivity index (χ2v) is 5.10. The van der Waals surface area contributed by atoms with Crippen molar-refractivity contribution >= 4 is 23.4 Å². The zero-order valence-electron chi connectivity index (χ0n) is 12.5. The van der Waals surface area contributed by atoms with Gasteiger partial charge in [0.15, 0.2) is 0 Å². The Hall–Kier alpha value is -3.09. The molecular weight excluding hydrogens is 294 g/mol. The first-order valence-electron chi connectivity index (χ1n) is 7.31. The predicted octanol–water partition coefficient (Wildman–Crippen LogP) is 1.93. The molecule has 0 radical (unpaired) electrons. The normalized spacial score (nSPS) is 13.6. The molecule has 1 aromatic heterocycles. The number of nitrogens with one attached hydrogen (secondary N) is 3. The van der Waals surface area contributed by atoms with E-state index in [-0.39, 0.29) is 12.1 Å². The van der Waals surface area contributed by atoms with Crippen LogP contribution in [0.15, 0.2) is 48.8 Å². The minimum Gasteiger partial charge on any atom is -0.336 e. The molecule has 1 fully saturated rings. The molecule has 118 valence electrons. The van der Waals surface area contributed by atoms with Gasteiger partial charge >= 0.3 is 12.1 Å². The number of nitrogens with zero attached hydrogens (tertiary/aromatic N) is 2. The van der Waals surface area contributed by atoms with Crippen LogP contribution in [0.25, 0.3) is 0 Å². The Kier molecular flexibility index (Phi) is 4.37. The number of carbonyl (C=O) groups excluding carboxylic acids is 2. The molecule has 23 heavy (non-hydrogen) atoms. The predicted molar refractivity (Wildman–Crippen MR) is 87.3 cm³/mol. The van der Waals surface area contributed by atoms with E-state index in [0.717, 1.165) is 11.3 Å². The highest BCUT2D eigenvalue weighted by atomic mass is 16.2. The van der Waals surface area contributed by atoms with E-state index in [1.807, 2.05) is 18.2 Å². The lowest BCUT2D eigenvalue weighted by Gasteiger charge is -2.15. The van der Waals surface area contributed by atoms with E-state index < -0.39 is 0 Å². The molecule has 0 spiro atoms. The van der Waals surface area contributed by atoms with Crippen LogP contribution in [0.3, 0.4) is 0 Å². The summed E-state index contributed by atoms with van der Waals surface area (Å²) in [6.07, 6.45) is 3.39. The lowest BCUT2D eigenvalue weighted by molar-refractivity contribution is 0.251. The van der Waals surface area contributed by atoms with Crippen LogP contribution in [-0.4, -0.2) is 30.1 Å². The third-order valence-electron chi connectivity index (χ3n) is 3.45. The van der Waals surface area contributed by atoms with Crippen LogP contribution < -0.4 is 20.9 Å².